The van der Waals surface area contributed by atoms with E-state index >= 15 is 0 Å². The lowest BCUT2D eigenvalue weighted by atomic mass is 9.87. The molecule has 98 valence electrons. The molecule has 1 rings (SSSR count). The monoisotopic (exact) mass is 244 g/mol. The fourth-order valence-corrected chi connectivity index (χ4v) is 1.87. The van der Waals surface area contributed by atoms with Gasteiger partial charge in [0.2, 0.25) is 5.91 Å². The Hall–Kier alpha value is -1.14. The van der Waals surface area contributed by atoms with E-state index in [-0.39, 0.29) is 24.3 Å². The summed E-state index contributed by atoms with van der Waals surface area (Å²) < 4.78 is 0. The molecule has 0 radical (unpaired) electrons. The Morgan fingerprint density at radius 1 is 1.53 bits per heavy atom. The number of aliphatic hydroxyl groups is 1. The molecule has 3 atom stereocenters. The lowest BCUT2D eigenvalue weighted by molar-refractivity contribution is -0.156. The van der Waals surface area contributed by atoms with Crippen molar-refractivity contribution in [3.05, 3.63) is 0 Å². The van der Waals surface area contributed by atoms with Gasteiger partial charge in [-0.15, -0.1) is 0 Å². The fourth-order valence-electron chi connectivity index (χ4n) is 1.87. The molecule has 1 heterocycles. The van der Waals surface area contributed by atoms with E-state index in [9.17, 15) is 14.7 Å². The third-order valence-electron chi connectivity index (χ3n) is 3.19. The van der Waals surface area contributed by atoms with Crippen LogP contribution in [0.1, 0.15) is 20.3 Å². The average Bonchev–Trinajstić information content (AvgIpc) is 2.26. The van der Waals surface area contributed by atoms with Crippen LogP contribution in [0.25, 0.3) is 0 Å². The molecule has 1 aliphatic rings. The van der Waals surface area contributed by atoms with Crippen molar-refractivity contribution in [2.45, 2.75) is 25.9 Å². The Kier molecular flexibility index (Phi) is 4.47. The maximum absolute atomic E-state index is 11.8. The second kappa shape index (κ2) is 5.46. The molecule has 0 aliphatic carbocycles. The summed E-state index contributed by atoms with van der Waals surface area (Å²) in [4.78, 5) is 22.5. The Balaban J connectivity index is 2.46. The van der Waals surface area contributed by atoms with E-state index in [1.54, 1.807) is 0 Å². The minimum Gasteiger partial charge on any atom is -0.479 e. The number of aliphatic carboxylic acids is 1. The molecule has 0 saturated carbocycles. The molecule has 0 aromatic heterocycles. The normalized spacial score (nSPS) is 28.2. The van der Waals surface area contributed by atoms with Crippen molar-refractivity contribution in [3.63, 3.8) is 0 Å². The molecule has 3 unspecified atom stereocenters. The smallest absolute Gasteiger partial charge is 0.337 e. The van der Waals surface area contributed by atoms with Crippen molar-refractivity contribution in [1.82, 2.24) is 10.6 Å². The Bertz CT molecular complexity index is 304. The molecule has 0 bridgehead atoms. The van der Waals surface area contributed by atoms with Crippen molar-refractivity contribution >= 4 is 11.9 Å². The Morgan fingerprint density at radius 2 is 2.18 bits per heavy atom. The maximum atomic E-state index is 11.8. The van der Waals surface area contributed by atoms with Gasteiger partial charge >= 0.3 is 5.97 Å². The number of hydrogen-bond donors (Lipinski definition) is 4. The molecule has 1 saturated heterocycles. The first-order chi connectivity index (χ1) is 7.84. The lowest BCUT2D eigenvalue weighted by Gasteiger charge is -2.29. The number of amides is 1. The molecule has 0 aromatic carbocycles. The number of rotatable bonds is 4. The number of carbonyl (C=O) groups is 2. The largest absolute Gasteiger partial charge is 0.479 e. The van der Waals surface area contributed by atoms with Gasteiger partial charge in [-0.05, 0) is 32.4 Å². The zero-order chi connectivity index (χ0) is 13.1. The van der Waals surface area contributed by atoms with Crippen molar-refractivity contribution in [2.75, 3.05) is 19.6 Å². The molecular formula is C11H20N2O4. The number of piperidine rings is 1. The molecule has 1 amide bonds. The summed E-state index contributed by atoms with van der Waals surface area (Å²) in [6.45, 7) is 4.45. The van der Waals surface area contributed by atoms with Gasteiger partial charge in [0.1, 0.15) is 0 Å². The molecule has 6 heteroatoms. The molecule has 0 aromatic rings. The maximum Gasteiger partial charge on any atom is 0.337 e. The van der Waals surface area contributed by atoms with Crippen molar-refractivity contribution in [3.8, 4) is 0 Å². The van der Waals surface area contributed by atoms with E-state index in [0.29, 0.717) is 0 Å². The van der Waals surface area contributed by atoms with Gasteiger partial charge in [0, 0.05) is 5.92 Å². The highest BCUT2D eigenvalue weighted by Crippen LogP contribution is 2.18. The van der Waals surface area contributed by atoms with Crippen LogP contribution in [0.4, 0.5) is 0 Å². The van der Waals surface area contributed by atoms with E-state index in [2.05, 4.69) is 10.6 Å². The van der Waals surface area contributed by atoms with Crippen LogP contribution in [0.2, 0.25) is 0 Å². The molecule has 6 nitrogen and oxygen atoms in total. The molecule has 0 spiro atoms. The predicted octanol–water partition coefficient (Wildman–Crippen LogP) is -0.816. The first kappa shape index (κ1) is 13.9. The highest BCUT2D eigenvalue weighted by molar-refractivity contribution is 5.81. The van der Waals surface area contributed by atoms with Crippen molar-refractivity contribution < 1.29 is 19.8 Å². The predicted molar refractivity (Wildman–Crippen MR) is 61.4 cm³/mol. The van der Waals surface area contributed by atoms with Gasteiger partial charge in [-0.1, -0.05) is 6.92 Å². The van der Waals surface area contributed by atoms with Crippen molar-refractivity contribution in [2.24, 2.45) is 11.8 Å². The van der Waals surface area contributed by atoms with Crippen LogP contribution in [-0.2, 0) is 9.59 Å². The summed E-state index contributed by atoms with van der Waals surface area (Å²) in [6, 6.07) is 0. The number of carboxylic acids is 1. The molecule has 4 N–H and O–H groups in total. The van der Waals surface area contributed by atoms with E-state index in [1.165, 1.54) is 6.92 Å². The van der Waals surface area contributed by atoms with E-state index in [0.717, 1.165) is 19.5 Å². The summed E-state index contributed by atoms with van der Waals surface area (Å²) in [5.41, 5.74) is -1.91. The Morgan fingerprint density at radius 3 is 2.71 bits per heavy atom. The highest BCUT2D eigenvalue weighted by atomic mass is 16.4. The average molecular weight is 244 g/mol. The first-order valence-corrected chi connectivity index (χ1v) is 5.79. The van der Waals surface area contributed by atoms with Gasteiger partial charge in [0.15, 0.2) is 5.60 Å². The number of hydrogen-bond acceptors (Lipinski definition) is 4. The quantitative estimate of drug-likeness (QED) is 0.518. The lowest BCUT2D eigenvalue weighted by Crippen LogP contribution is -2.50. The summed E-state index contributed by atoms with van der Waals surface area (Å²) in [5, 5.41) is 23.9. The van der Waals surface area contributed by atoms with Crippen LogP contribution < -0.4 is 10.6 Å². The number of carbonyl (C=O) groups excluding carboxylic acids is 1. The fraction of sp³-hybridized carbons (Fsp3) is 0.818. The standard InChI is InChI=1S/C11H20N2O4/c1-7-5-12-4-3-8(7)9(14)13-6-11(2,17)10(15)16/h7-8,12,17H,3-6H2,1-2H3,(H,13,14)(H,15,16). The zero-order valence-electron chi connectivity index (χ0n) is 10.2. The van der Waals surface area contributed by atoms with Gasteiger partial charge in [-0.25, -0.2) is 4.79 Å². The van der Waals surface area contributed by atoms with E-state index < -0.39 is 11.6 Å². The van der Waals surface area contributed by atoms with Crippen LogP contribution in [0.5, 0.6) is 0 Å². The minimum absolute atomic E-state index is 0.110. The summed E-state index contributed by atoms with van der Waals surface area (Å²) in [6.07, 6.45) is 0.738. The second-order valence-electron chi connectivity index (χ2n) is 4.87. The summed E-state index contributed by atoms with van der Waals surface area (Å²) >= 11 is 0. The molecule has 17 heavy (non-hydrogen) atoms. The number of nitrogens with one attached hydrogen (secondary N) is 2. The van der Waals surface area contributed by atoms with Crippen LogP contribution in [0.15, 0.2) is 0 Å². The Labute approximate surface area is 100 Å². The summed E-state index contributed by atoms with van der Waals surface area (Å²) in [7, 11) is 0. The van der Waals surface area contributed by atoms with Gasteiger partial charge in [0.05, 0.1) is 6.54 Å². The third kappa shape index (κ3) is 3.67. The van der Waals surface area contributed by atoms with E-state index in [1.807, 2.05) is 6.92 Å². The molecular weight excluding hydrogens is 224 g/mol. The second-order valence-corrected chi connectivity index (χ2v) is 4.87. The van der Waals surface area contributed by atoms with Gasteiger partial charge < -0.3 is 20.8 Å². The van der Waals surface area contributed by atoms with Gasteiger partial charge in [0.25, 0.3) is 0 Å². The minimum atomic E-state index is -1.91. The SMILES string of the molecule is CC1CNCCC1C(=O)NCC(C)(O)C(=O)O. The van der Waals surface area contributed by atoms with Gasteiger partial charge in [-0.3, -0.25) is 4.79 Å². The molecule has 1 fully saturated rings. The number of carboxylic acid groups (broad SMARTS) is 1. The van der Waals surface area contributed by atoms with Crippen LogP contribution in [0.3, 0.4) is 0 Å². The third-order valence-corrected chi connectivity index (χ3v) is 3.19. The van der Waals surface area contributed by atoms with Crippen molar-refractivity contribution in [1.29, 1.82) is 0 Å². The van der Waals surface area contributed by atoms with Crippen LogP contribution in [-0.4, -0.2) is 47.3 Å². The van der Waals surface area contributed by atoms with E-state index in [4.69, 9.17) is 5.11 Å². The zero-order valence-corrected chi connectivity index (χ0v) is 10.2. The van der Waals surface area contributed by atoms with Gasteiger partial charge in [-0.2, -0.15) is 0 Å². The van der Waals surface area contributed by atoms with Crippen LogP contribution >= 0.6 is 0 Å². The highest BCUT2D eigenvalue weighted by Gasteiger charge is 2.33. The summed E-state index contributed by atoms with van der Waals surface area (Å²) in [5.74, 6) is -1.41. The first-order valence-electron chi connectivity index (χ1n) is 5.79. The topological polar surface area (TPSA) is 98.7 Å². The molecule has 1 aliphatic heterocycles. The van der Waals surface area contributed by atoms with Crippen LogP contribution in [0, 0.1) is 11.8 Å².